The molecule has 2 atom stereocenters. The lowest BCUT2D eigenvalue weighted by molar-refractivity contribution is 0.0664. The van der Waals surface area contributed by atoms with Gasteiger partial charge in [-0.3, -0.25) is 4.79 Å². The van der Waals surface area contributed by atoms with Crippen LogP contribution < -0.4 is 0 Å². The molecule has 3 heterocycles. The van der Waals surface area contributed by atoms with Crippen LogP contribution in [0.3, 0.4) is 0 Å². The smallest absolute Gasteiger partial charge is 0.254 e. The Kier molecular flexibility index (Phi) is 4.57. The van der Waals surface area contributed by atoms with Crippen LogP contribution in [0.25, 0.3) is 0 Å². The molecule has 5 heteroatoms. The SMILES string of the molecule is CN1CCC[C@H]1[C@@H]1CCCN1C(=O)c1ccc(Cn2ccnc2)cc1. The number of rotatable bonds is 4. The molecule has 2 aliphatic heterocycles. The fourth-order valence-electron chi connectivity index (χ4n) is 4.38. The maximum Gasteiger partial charge on any atom is 0.254 e. The van der Waals surface area contributed by atoms with Crippen LogP contribution in [-0.2, 0) is 6.54 Å². The van der Waals surface area contributed by atoms with Gasteiger partial charge in [0, 0.05) is 43.1 Å². The molecule has 0 saturated carbocycles. The van der Waals surface area contributed by atoms with E-state index in [1.807, 2.05) is 29.2 Å². The van der Waals surface area contributed by atoms with Gasteiger partial charge in [-0.15, -0.1) is 0 Å². The van der Waals surface area contributed by atoms with Crippen LogP contribution in [0.2, 0.25) is 0 Å². The number of amides is 1. The second-order valence-corrected chi connectivity index (χ2v) is 7.33. The summed E-state index contributed by atoms with van der Waals surface area (Å²) in [5, 5.41) is 0. The molecule has 1 amide bonds. The maximum atomic E-state index is 13.0. The monoisotopic (exact) mass is 338 g/mol. The van der Waals surface area contributed by atoms with Crippen molar-refractivity contribution in [3.05, 3.63) is 54.1 Å². The molecular formula is C20H26N4O. The number of aromatic nitrogens is 2. The summed E-state index contributed by atoms with van der Waals surface area (Å²) < 4.78 is 2.03. The normalized spacial score (nSPS) is 24.1. The molecule has 132 valence electrons. The molecule has 0 N–H and O–H groups in total. The first-order chi connectivity index (χ1) is 12.2. The summed E-state index contributed by atoms with van der Waals surface area (Å²) in [6.45, 7) is 2.84. The van der Waals surface area contributed by atoms with Gasteiger partial charge in [-0.25, -0.2) is 4.98 Å². The van der Waals surface area contributed by atoms with E-state index in [1.165, 1.54) is 18.4 Å². The molecule has 0 spiro atoms. The van der Waals surface area contributed by atoms with Gasteiger partial charge in [0.1, 0.15) is 0 Å². The van der Waals surface area contributed by atoms with E-state index in [9.17, 15) is 4.79 Å². The largest absolute Gasteiger partial charge is 0.334 e. The molecule has 0 unspecified atom stereocenters. The third kappa shape index (κ3) is 3.33. The fourth-order valence-corrected chi connectivity index (χ4v) is 4.38. The maximum absolute atomic E-state index is 13.0. The summed E-state index contributed by atoms with van der Waals surface area (Å²) in [5.74, 6) is 0.192. The molecular weight excluding hydrogens is 312 g/mol. The van der Waals surface area contributed by atoms with E-state index in [0.717, 1.165) is 38.0 Å². The van der Waals surface area contributed by atoms with Crippen molar-refractivity contribution in [1.82, 2.24) is 19.4 Å². The molecule has 4 rings (SSSR count). The zero-order chi connectivity index (χ0) is 17.2. The fraction of sp³-hybridized carbons (Fsp3) is 0.500. The predicted octanol–water partition coefficient (Wildman–Crippen LogP) is 2.63. The number of imidazole rings is 1. The molecule has 2 aromatic rings. The van der Waals surface area contributed by atoms with Crippen molar-refractivity contribution in [1.29, 1.82) is 0 Å². The van der Waals surface area contributed by atoms with E-state index in [1.54, 1.807) is 6.20 Å². The molecule has 2 aliphatic rings. The van der Waals surface area contributed by atoms with E-state index in [-0.39, 0.29) is 5.91 Å². The second kappa shape index (κ2) is 7.00. The van der Waals surface area contributed by atoms with Crippen molar-refractivity contribution in [3.8, 4) is 0 Å². The Balaban J connectivity index is 1.46. The number of hydrogen-bond donors (Lipinski definition) is 0. The highest BCUT2D eigenvalue weighted by Gasteiger charge is 2.38. The predicted molar refractivity (Wildman–Crippen MR) is 97.5 cm³/mol. The molecule has 2 saturated heterocycles. The quantitative estimate of drug-likeness (QED) is 0.860. The highest BCUT2D eigenvalue weighted by molar-refractivity contribution is 5.94. The Morgan fingerprint density at radius 3 is 2.56 bits per heavy atom. The number of hydrogen-bond acceptors (Lipinski definition) is 3. The van der Waals surface area contributed by atoms with Crippen LogP contribution in [0.4, 0.5) is 0 Å². The molecule has 25 heavy (non-hydrogen) atoms. The van der Waals surface area contributed by atoms with Crippen molar-refractivity contribution < 1.29 is 4.79 Å². The molecule has 0 aliphatic carbocycles. The van der Waals surface area contributed by atoms with Gasteiger partial charge in [-0.05, 0) is 57.0 Å². The number of benzene rings is 1. The van der Waals surface area contributed by atoms with Crippen LogP contribution >= 0.6 is 0 Å². The Labute approximate surface area is 149 Å². The molecule has 5 nitrogen and oxygen atoms in total. The lowest BCUT2D eigenvalue weighted by atomic mass is 10.0. The van der Waals surface area contributed by atoms with Crippen LogP contribution in [0.1, 0.15) is 41.6 Å². The minimum Gasteiger partial charge on any atom is -0.334 e. The Morgan fingerprint density at radius 1 is 1.12 bits per heavy atom. The minimum absolute atomic E-state index is 0.192. The van der Waals surface area contributed by atoms with Crippen molar-refractivity contribution in [2.24, 2.45) is 0 Å². The van der Waals surface area contributed by atoms with Gasteiger partial charge >= 0.3 is 0 Å². The van der Waals surface area contributed by atoms with E-state index < -0.39 is 0 Å². The van der Waals surface area contributed by atoms with Gasteiger partial charge in [0.25, 0.3) is 5.91 Å². The summed E-state index contributed by atoms with van der Waals surface area (Å²) >= 11 is 0. The summed E-state index contributed by atoms with van der Waals surface area (Å²) in [7, 11) is 2.20. The molecule has 2 fully saturated rings. The number of likely N-dealkylation sites (tertiary alicyclic amines) is 2. The zero-order valence-electron chi connectivity index (χ0n) is 14.8. The van der Waals surface area contributed by atoms with Crippen LogP contribution in [0.5, 0.6) is 0 Å². The topological polar surface area (TPSA) is 41.4 Å². The third-order valence-electron chi connectivity index (χ3n) is 5.71. The first kappa shape index (κ1) is 16.3. The van der Waals surface area contributed by atoms with Crippen molar-refractivity contribution in [2.45, 2.75) is 44.3 Å². The lowest BCUT2D eigenvalue weighted by Crippen LogP contribution is -2.47. The second-order valence-electron chi connectivity index (χ2n) is 7.33. The van der Waals surface area contributed by atoms with E-state index in [2.05, 4.69) is 34.0 Å². The van der Waals surface area contributed by atoms with Crippen molar-refractivity contribution in [3.63, 3.8) is 0 Å². The third-order valence-corrected chi connectivity index (χ3v) is 5.71. The van der Waals surface area contributed by atoms with Gasteiger partial charge < -0.3 is 14.4 Å². The molecule has 0 radical (unpaired) electrons. The zero-order valence-corrected chi connectivity index (χ0v) is 14.8. The van der Waals surface area contributed by atoms with Gasteiger partial charge in [0.2, 0.25) is 0 Å². The molecule has 0 bridgehead atoms. The van der Waals surface area contributed by atoms with Gasteiger partial charge in [0.15, 0.2) is 0 Å². The van der Waals surface area contributed by atoms with E-state index in [0.29, 0.717) is 12.1 Å². The number of nitrogens with zero attached hydrogens (tertiary/aromatic N) is 4. The number of carbonyl (C=O) groups excluding carboxylic acids is 1. The minimum atomic E-state index is 0.192. The number of carbonyl (C=O) groups is 1. The summed E-state index contributed by atoms with van der Waals surface area (Å²) in [4.78, 5) is 21.7. The Hall–Kier alpha value is -2.14. The first-order valence-electron chi connectivity index (χ1n) is 9.28. The summed E-state index contributed by atoms with van der Waals surface area (Å²) in [6.07, 6.45) is 10.3. The van der Waals surface area contributed by atoms with Crippen LogP contribution in [0.15, 0.2) is 43.0 Å². The average Bonchev–Trinajstić information content (AvgIpc) is 3.36. The summed E-state index contributed by atoms with van der Waals surface area (Å²) in [6, 6.07) is 8.97. The van der Waals surface area contributed by atoms with Gasteiger partial charge in [0.05, 0.1) is 6.33 Å². The Morgan fingerprint density at radius 2 is 1.88 bits per heavy atom. The van der Waals surface area contributed by atoms with Gasteiger partial charge in [-0.1, -0.05) is 12.1 Å². The molecule has 1 aromatic carbocycles. The van der Waals surface area contributed by atoms with E-state index >= 15 is 0 Å². The van der Waals surface area contributed by atoms with Crippen molar-refractivity contribution >= 4 is 5.91 Å². The lowest BCUT2D eigenvalue weighted by Gasteiger charge is -2.33. The van der Waals surface area contributed by atoms with Crippen LogP contribution in [-0.4, -0.2) is 57.5 Å². The summed E-state index contributed by atoms with van der Waals surface area (Å²) in [5.41, 5.74) is 1.99. The Bertz CT molecular complexity index is 710. The highest BCUT2D eigenvalue weighted by Crippen LogP contribution is 2.30. The van der Waals surface area contributed by atoms with E-state index in [4.69, 9.17) is 0 Å². The number of likely N-dealkylation sites (N-methyl/N-ethyl adjacent to an activating group) is 1. The standard InChI is InChI=1S/C20H26N4O/c1-22-11-2-4-18(22)19-5-3-12-24(19)20(25)17-8-6-16(7-9-17)14-23-13-10-21-15-23/h6-10,13,15,18-19H,2-5,11-12,14H2,1H3/t18-,19-/m0/s1. The molecule has 1 aromatic heterocycles. The average molecular weight is 338 g/mol. The first-order valence-corrected chi connectivity index (χ1v) is 9.28. The van der Waals surface area contributed by atoms with Gasteiger partial charge in [-0.2, -0.15) is 0 Å². The highest BCUT2D eigenvalue weighted by atomic mass is 16.2. The van der Waals surface area contributed by atoms with Crippen LogP contribution in [0, 0.1) is 0 Å². The van der Waals surface area contributed by atoms with Crippen molar-refractivity contribution in [2.75, 3.05) is 20.1 Å².